The van der Waals surface area contributed by atoms with Crippen LogP contribution < -0.4 is 26.4 Å². The van der Waals surface area contributed by atoms with Gasteiger partial charge in [0.05, 0.1) is 12.6 Å². The van der Waals surface area contributed by atoms with Crippen LogP contribution in [0.25, 0.3) is 0 Å². The van der Waals surface area contributed by atoms with E-state index in [2.05, 4.69) is 16.0 Å². The number of urea groups is 1. The van der Waals surface area contributed by atoms with Crippen molar-refractivity contribution in [3.63, 3.8) is 0 Å². The van der Waals surface area contributed by atoms with Crippen molar-refractivity contribution >= 4 is 17.8 Å². The van der Waals surface area contributed by atoms with Crippen molar-refractivity contribution in [3.8, 4) is 5.75 Å². The van der Waals surface area contributed by atoms with Crippen LogP contribution in [0.4, 0.5) is 4.79 Å². The molecule has 5 N–H and O–H groups in total. The third-order valence-electron chi connectivity index (χ3n) is 8.61. The lowest BCUT2D eigenvalue weighted by Crippen LogP contribution is -2.55. The number of piperidine rings is 1. The molecule has 214 valence electrons. The van der Waals surface area contributed by atoms with Crippen LogP contribution in [0.1, 0.15) is 48.8 Å². The molecule has 3 unspecified atom stereocenters. The van der Waals surface area contributed by atoms with Crippen LogP contribution in [0.2, 0.25) is 0 Å². The third kappa shape index (κ3) is 6.58. The van der Waals surface area contributed by atoms with E-state index >= 15 is 0 Å². The summed E-state index contributed by atoms with van der Waals surface area (Å²) < 4.78 is 6.09. The van der Waals surface area contributed by atoms with Crippen LogP contribution >= 0.6 is 0 Å². The molecule has 0 radical (unpaired) electrons. The predicted octanol–water partition coefficient (Wildman–Crippen LogP) is 2.65. The first kappa shape index (κ1) is 28.0. The van der Waals surface area contributed by atoms with E-state index in [9.17, 15) is 14.4 Å². The average molecular weight is 548 g/mol. The zero-order valence-electron chi connectivity index (χ0n) is 23.3. The van der Waals surface area contributed by atoms with E-state index in [0.29, 0.717) is 38.5 Å². The number of carbonyl (C=O) groups is 3. The normalized spacial score (nSPS) is 28.1. The number of nitrogens with one attached hydrogen (secondary N) is 3. The lowest BCUT2D eigenvalue weighted by atomic mass is 9.95. The molecule has 0 aromatic heterocycles. The van der Waals surface area contributed by atoms with Gasteiger partial charge in [0.1, 0.15) is 11.3 Å². The quantitative estimate of drug-likeness (QED) is 0.460. The molecular weight excluding hydrogens is 506 g/mol. The Hall–Kier alpha value is -3.59. The summed E-state index contributed by atoms with van der Waals surface area (Å²) in [7, 11) is 0. The molecule has 2 heterocycles. The van der Waals surface area contributed by atoms with Crippen molar-refractivity contribution in [2.75, 3.05) is 26.2 Å². The number of rotatable bonds is 2. The second-order valence-electron chi connectivity index (χ2n) is 11.5. The van der Waals surface area contributed by atoms with Crippen molar-refractivity contribution in [2.24, 2.45) is 17.6 Å². The van der Waals surface area contributed by atoms with Gasteiger partial charge in [0.2, 0.25) is 11.8 Å². The SMILES string of the molecule is Cc1ccc2cc1CNC(=O)C1(CC1Cc1ccccc1)NC(=O)[C@@H](N)CCNC(=O)N1CCCC(CCO2)C1. The number of nitrogens with zero attached hydrogens (tertiary/aromatic N) is 1. The summed E-state index contributed by atoms with van der Waals surface area (Å²) in [5.74, 6) is 0.520. The fourth-order valence-electron chi connectivity index (χ4n) is 5.94. The number of ether oxygens (including phenoxy) is 1. The summed E-state index contributed by atoms with van der Waals surface area (Å²) >= 11 is 0. The van der Waals surface area contributed by atoms with Crippen molar-refractivity contribution in [1.82, 2.24) is 20.9 Å². The number of nitrogens with two attached hydrogens (primary N) is 1. The summed E-state index contributed by atoms with van der Waals surface area (Å²) in [6.45, 7) is 4.62. The second-order valence-corrected chi connectivity index (χ2v) is 11.5. The van der Waals surface area contributed by atoms with Gasteiger partial charge in [-0.05, 0) is 86.1 Å². The van der Waals surface area contributed by atoms with Gasteiger partial charge in [0.25, 0.3) is 0 Å². The molecule has 1 aliphatic carbocycles. The summed E-state index contributed by atoms with van der Waals surface area (Å²) in [4.78, 5) is 41.5. The fourth-order valence-corrected chi connectivity index (χ4v) is 5.94. The average Bonchev–Trinajstić information content (AvgIpc) is 3.65. The summed E-state index contributed by atoms with van der Waals surface area (Å²) in [6.07, 6.45) is 4.40. The number of amides is 4. The minimum atomic E-state index is -1.01. The first-order valence-electron chi connectivity index (χ1n) is 14.5. The molecule has 9 heteroatoms. The van der Waals surface area contributed by atoms with Gasteiger partial charge in [-0.25, -0.2) is 4.79 Å². The molecule has 4 bridgehead atoms. The Morgan fingerprint density at radius 2 is 1.88 bits per heavy atom. The number of benzene rings is 2. The van der Waals surface area contributed by atoms with Gasteiger partial charge < -0.3 is 31.3 Å². The largest absolute Gasteiger partial charge is 0.494 e. The molecule has 1 saturated carbocycles. The van der Waals surface area contributed by atoms with Gasteiger partial charge in [0, 0.05) is 26.2 Å². The Morgan fingerprint density at radius 1 is 1.05 bits per heavy atom. The highest BCUT2D eigenvalue weighted by Gasteiger charge is 2.60. The summed E-state index contributed by atoms with van der Waals surface area (Å²) in [5.41, 5.74) is 8.37. The molecule has 5 rings (SSSR count). The second kappa shape index (κ2) is 12.3. The molecule has 2 fully saturated rings. The molecule has 2 aromatic carbocycles. The maximum Gasteiger partial charge on any atom is 0.317 e. The first-order chi connectivity index (χ1) is 19.3. The standard InChI is InChI=1S/C31H41N5O4/c1-21-9-10-26-17-24(21)19-34-29(38)31(18-25(31)16-22-6-3-2-4-7-22)35-28(37)27(32)11-13-33-30(39)36-14-5-8-23(20-36)12-15-40-26/h2-4,6-7,9-10,17,23,25,27H,5,8,11-16,18-20,32H2,1H3,(H,33,39)(H,34,38)(H,35,37)/t23?,25?,27-,31?/m0/s1. The van der Waals surface area contributed by atoms with Crippen LogP contribution in [0, 0.1) is 18.8 Å². The highest BCUT2D eigenvalue weighted by molar-refractivity contribution is 5.96. The van der Waals surface area contributed by atoms with Crippen LogP contribution in [0.3, 0.4) is 0 Å². The van der Waals surface area contributed by atoms with Gasteiger partial charge in [-0.15, -0.1) is 0 Å². The van der Waals surface area contributed by atoms with E-state index in [4.69, 9.17) is 10.5 Å². The van der Waals surface area contributed by atoms with Crippen LogP contribution in [-0.2, 0) is 22.6 Å². The predicted molar refractivity (Wildman–Crippen MR) is 153 cm³/mol. The molecule has 1 spiro atoms. The summed E-state index contributed by atoms with van der Waals surface area (Å²) in [6, 6.07) is 14.9. The van der Waals surface area contributed by atoms with E-state index < -0.39 is 11.6 Å². The Balaban J connectivity index is 1.34. The fraction of sp³-hybridized carbons (Fsp3) is 0.516. The molecule has 40 heavy (non-hydrogen) atoms. The number of aryl methyl sites for hydroxylation is 1. The smallest absolute Gasteiger partial charge is 0.317 e. The Bertz CT molecular complexity index is 1220. The van der Waals surface area contributed by atoms with Crippen LogP contribution in [0.15, 0.2) is 48.5 Å². The van der Waals surface area contributed by atoms with Crippen LogP contribution in [-0.4, -0.2) is 60.6 Å². The molecule has 9 nitrogen and oxygen atoms in total. The van der Waals surface area contributed by atoms with Crippen molar-refractivity contribution in [1.29, 1.82) is 0 Å². The Kier molecular flexibility index (Phi) is 8.59. The Labute approximate surface area is 236 Å². The van der Waals surface area contributed by atoms with Crippen molar-refractivity contribution in [2.45, 2.75) is 63.6 Å². The van der Waals surface area contributed by atoms with Crippen molar-refractivity contribution < 1.29 is 19.1 Å². The van der Waals surface area contributed by atoms with Gasteiger partial charge >= 0.3 is 6.03 Å². The van der Waals surface area contributed by atoms with Gasteiger partial charge in [-0.1, -0.05) is 36.4 Å². The molecule has 3 aliphatic rings. The van der Waals surface area contributed by atoms with E-state index in [0.717, 1.165) is 48.2 Å². The van der Waals surface area contributed by atoms with Gasteiger partial charge in [-0.3, -0.25) is 9.59 Å². The van der Waals surface area contributed by atoms with E-state index in [1.165, 1.54) is 0 Å². The highest BCUT2D eigenvalue weighted by Crippen LogP contribution is 2.46. The monoisotopic (exact) mass is 547 g/mol. The maximum atomic E-state index is 13.6. The number of hydrogen-bond donors (Lipinski definition) is 4. The first-order valence-corrected chi connectivity index (χ1v) is 14.5. The highest BCUT2D eigenvalue weighted by atomic mass is 16.5. The van der Waals surface area contributed by atoms with E-state index in [1.807, 2.05) is 60.4 Å². The molecule has 4 amide bonds. The van der Waals surface area contributed by atoms with Gasteiger partial charge in [-0.2, -0.15) is 0 Å². The van der Waals surface area contributed by atoms with E-state index in [-0.39, 0.29) is 36.7 Å². The topological polar surface area (TPSA) is 126 Å². The molecule has 4 atom stereocenters. The Morgan fingerprint density at radius 3 is 2.70 bits per heavy atom. The third-order valence-corrected chi connectivity index (χ3v) is 8.61. The van der Waals surface area contributed by atoms with Crippen molar-refractivity contribution in [3.05, 3.63) is 65.2 Å². The number of fused-ring (bicyclic) bond motifs is 4. The summed E-state index contributed by atoms with van der Waals surface area (Å²) in [5, 5.41) is 9.01. The minimum Gasteiger partial charge on any atom is -0.494 e. The number of carbonyl (C=O) groups excluding carboxylic acids is 3. The number of hydrogen-bond acceptors (Lipinski definition) is 5. The molecular formula is C31H41N5O4. The zero-order valence-corrected chi connectivity index (χ0v) is 23.3. The lowest BCUT2D eigenvalue weighted by Gasteiger charge is -2.33. The lowest BCUT2D eigenvalue weighted by molar-refractivity contribution is -0.131. The van der Waals surface area contributed by atoms with Crippen LogP contribution in [0.5, 0.6) is 5.75 Å². The maximum absolute atomic E-state index is 13.6. The molecule has 1 saturated heterocycles. The molecule has 2 aromatic rings. The van der Waals surface area contributed by atoms with Gasteiger partial charge in [0.15, 0.2) is 0 Å². The molecule has 2 aliphatic heterocycles. The zero-order chi connectivity index (χ0) is 28.1. The van der Waals surface area contributed by atoms with E-state index in [1.54, 1.807) is 0 Å². The minimum absolute atomic E-state index is 0.0357.